The highest BCUT2D eigenvalue weighted by Crippen LogP contribution is 2.36. The molecule has 2 fully saturated rings. The first-order chi connectivity index (χ1) is 10.6. The van der Waals surface area contributed by atoms with Gasteiger partial charge in [-0.15, -0.1) is 12.4 Å². The fraction of sp³-hybridized carbons (Fsp3) is 0.588. The van der Waals surface area contributed by atoms with Crippen LogP contribution in [0.3, 0.4) is 0 Å². The van der Waals surface area contributed by atoms with Gasteiger partial charge in [0.25, 0.3) is 0 Å². The summed E-state index contributed by atoms with van der Waals surface area (Å²) >= 11 is 0. The predicted molar refractivity (Wildman–Crippen MR) is 89.8 cm³/mol. The summed E-state index contributed by atoms with van der Waals surface area (Å²) < 4.78 is 16.1. The van der Waals surface area contributed by atoms with Crippen molar-refractivity contribution in [2.45, 2.75) is 43.9 Å². The molecular formula is C17H24ClNO4. The van der Waals surface area contributed by atoms with Crippen LogP contribution in [-0.4, -0.2) is 50.3 Å². The van der Waals surface area contributed by atoms with Crippen LogP contribution in [0.25, 0.3) is 0 Å². The molecule has 2 atom stereocenters. The largest absolute Gasteiger partial charge is 0.493 e. The number of ether oxygens (including phenoxy) is 3. The summed E-state index contributed by atoms with van der Waals surface area (Å²) in [6, 6.07) is 6.23. The number of methoxy groups -OCH3 is 2. The summed E-state index contributed by atoms with van der Waals surface area (Å²) in [5.41, 5.74) is 0.504. The van der Waals surface area contributed by atoms with Gasteiger partial charge < -0.3 is 19.1 Å². The average Bonchev–Trinajstić information content (AvgIpc) is 2.76. The molecule has 0 spiro atoms. The Morgan fingerprint density at radius 2 is 1.70 bits per heavy atom. The smallest absolute Gasteiger partial charge is 0.338 e. The minimum absolute atomic E-state index is 0. The quantitative estimate of drug-likeness (QED) is 0.788. The Morgan fingerprint density at radius 1 is 1.09 bits per heavy atom. The molecule has 5 nitrogen and oxygen atoms in total. The van der Waals surface area contributed by atoms with Crippen molar-refractivity contribution in [3.8, 4) is 11.5 Å². The molecule has 0 aliphatic carbocycles. The monoisotopic (exact) mass is 341 g/mol. The minimum Gasteiger partial charge on any atom is -0.493 e. The molecule has 0 aromatic heterocycles. The summed E-state index contributed by atoms with van der Waals surface area (Å²) in [4.78, 5) is 14.8. The number of fused-ring (bicyclic) bond motifs is 2. The van der Waals surface area contributed by atoms with Crippen LogP contribution < -0.4 is 9.47 Å². The molecule has 2 aliphatic rings. The lowest BCUT2D eigenvalue weighted by Gasteiger charge is -2.35. The molecular weight excluding hydrogens is 318 g/mol. The number of hydrogen-bond acceptors (Lipinski definition) is 5. The van der Waals surface area contributed by atoms with E-state index in [9.17, 15) is 4.79 Å². The van der Waals surface area contributed by atoms with Crippen molar-refractivity contribution >= 4 is 18.4 Å². The maximum absolute atomic E-state index is 12.4. The standard InChI is InChI=1S/C17H23NO4.ClH/c1-18-12-5-6-13(18)10-14(9-12)22-17(19)11-4-7-15(20-2)16(8-11)21-3;/h4,7-8,12-14H,5-6,9-10H2,1-3H3;1H/t12-,13-;/m1./s1. The van der Waals surface area contributed by atoms with Crippen LogP contribution in [0.5, 0.6) is 11.5 Å². The lowest BCUT2D eigenvalue weighted by atomic mass is 10.0. The molecule has 6 heteroatoms. The second-order valence-electron chi connectivity index (χ2n) is 6.12. The summed E-state index contributed by atoms with van der Waals surface area (Å²) in [7, 11) is 5.31. The van der Waals surface area contributed by atoms with Gasteiger partial charge in [-0.2, -0.15) is 0 Å². The lowest BCUT2D eigenvalue weighted by molar-refractivity contribution is -0.000478. The number of nitrogens with zero attached hydrogens (tertiary/aromatic N) is 1. The first-order valence-corrected chi connectivity index (χ1v) is 7.77. The van der Waals surface area contributed by atoms with E-state index in [4.69, 9.17) is 14.2 Å². The number of benzene rings is 1. The zero-order valence-electron chi connectivity index (χ0n) is 13.8. The minimum atomic E-state index is -0.282. The van der Waals surface area contributed by atoms with E-state index < -0.39 is 0 Å². The molecule has 3 rings (SSSR count). The number of carbonyl (C=O) groups is 1. The molecule has 2 aliphatic heterocycles. The van der Waals surface area contributed by atoms with Crippen molar-refractivity contribution in [3.63, 3.8) is 0 Å². The topological polar surface area (TPSA) is 48.0 Å². The molecule has 1 aromatic rings. The zero-order valence-corrected chi connectivity index (χ0v) is 14.6. The highest BCUT2D eigenvalue weighted by atomic mass is 35.5. The molecule has 2 heterocycles. The Balaban J connectivity index is 0.00000192. The number of carbonyl (C=O) groups excluding carboxylic acids is 1. The first kappa shape index (κ1) is 17.9. The highest BCUT2D eigenvalue weighted by Gasteiger charge is 2.39. The fourth-order valence-corrected chi connectivity index (χ4v) is 3.64. The van der Waals surface area contributed by atoms with Gasteiger partial charge in [0.1, 0.15) is 6.10 Å². The Labute approximate surface area is 143 Å². The Bertz CT molecular complexity index is 552. The van der Waals surface area contributed by atoms with Gasteiger partial charge >= 0.3 is 5.97 Å². The SMILES string of the molecule is COc1ccc(C(=O)OC2C[C@H]3CC[C@H](C2)N3C)cc1OC.Cl. The highest BCUT2D eigenvalue weighted by molar-refractivity contribution is 5.90. The van der Waals surface area contributed by atoms with Crippen molar-refractivity contribution in [2.24, 2.45) is 0 Å². The van der Waals surface area contributed by atoms with Crippen LogP contribution in [0.1, 0.15) is 36.0 Å². The average molecular weight is 342 g/mol. The lowest BCUT2D eigenvalue weighted by Crippen LogP contribution is -2.43. The maximum atomic E-state index is 12.4. The number of esters is 1. The van der Waals surface area contributed by atoms with Gasteiger partial charge in [-0.3, -0.25) is 0 Å². The third-order valence-electron chi connectivity index (χ3n) is 4.95. The van der Waals surface area contributed by atoms with Crippen LogP contribution >= 0.6 is 12.4 Å². The third-order valence-corrected chi connectivity index (χ3v) is 4.95. The summed E-state index contributed by atoms with van der Waals surface area (Å²) in [5.74, 6) is 0.867. The molecule has 128 valence electrons. The Kier molecular flexibility index (Phi) is 5.76. The second-order valence-corrected chi connectivity index (χ2v) is 6.12. The van der Waals surface area contributed by atoms with Crippen molar-refractivity contribution in [1.29, 1.82) is 0 Å². The van der Waals surface area contributed by atoms with E-state index in [1.165, 1.54) is 12.8 Å². The van der Waals surface area contributed by atoms with Crippen molar-refractivity contribution in [1.82, 2.24) is 4.90 Å². The van der Waals surface area contributed by atoms with Crippen molar-refractivity contribution in [3.05, 3.63) is 23.8 Å². The molecule has 23 heavy (non-hydrogen) atoms. The second kappa shape index (κ2) is 7.41. The Hall–Kier alpha value is -1.46. The third kappa shape index (κ3) is 3.56. The van der Waals surface area contributed by atoms with Gasteiger partial charge in [-0.1, -0.05) is 0 Å². The summed E-state index contributed by atoms with van der Waals surface area (Å²) in [6.07, 6.45) is 4.32. The van der Waals surface area contributed by atoms with Crippen molar-refractivity contribution in [2.75, 3.05) is 21.3 Å². The number of rotatable bonds is 4. The van der Waals surface area contributed by atoms with Crippen LogP contribution in [0, 0.1) is 0 Å². The molecule has 0 radical (unpaired) electrons. The summed E-state index contributed by atoms with van der Waals surface area (Å²) in [6.45, 7) is 0. The predicted octanol–water partition coefficient (Wildman–Crippen LogP) is 2.91. The fourth-order valence-electron chi connectivity index (χ4n) is 3.64. The maximum Gasteiger partial charge on any atom is 0.338 e. The van der Waals surface area contributed by atoms with E-state index in [1.54, 1.807) is 32.4 Å². The number of piperidine rings is 1. The van der Waals surface area contributed by atoms with Crippen molar-refractivity contribution < 1.29 is 19.0 Å². The molecule has 2 saturated heterocycles. The van der Waals surface area contributed by atoms with Gasteiger partial charge in [-0.25, -0.2) is 4.79 Å². The van der Waals surface area contributed by atoms with Gasteiger partial charge in [0, 0.05) is 24.9 Å². The van der Waals surface area contributed by atoms with Gasteiger partial charge in [-0.05, 0) is 38.1 Å². The molecule has 0 N–H and O–H groups in total. The zero-order chi connectivity index (χ0) is 15.7. The number of hydrogen-bond donors (Lipinski definition) is 0. The van der Waals surface area contributed by atoms with E-state index in [1.807, 2.05) is 0 Å². The molecule has 1 aromatic carbocycles. The van der Waals surface area contributed by atoms with E-state index in [0.29, 0.717) is 29.1 Å². The Morgan fingerprint density at radius 3 is 2.26 bits per heavy atom. The van der Waals surface area contributed by atoms with Crippen LogP contribution in [0.4, 0.5) is 0 Å². The molecule has 2 bridgehead atoms. The van der Waals surface area contributed by atoms with E-state index in [2.05, 4.69) is 11.9 Å². The van der Waals surface area contributed by atoms with E-state index in [0.717, 1.165) is 12.8 Å². The van der Waals surface area contributed by atoms with Gasteiger partial charge in [0.05, 0.1) is 19.8 Å². The number of halogens is 1. The van der Waals surface area contributed by atoms with Crippen LogP contribution in [0.15, 0.2) is 18.2 Å². The van der Waals surface area contributed by atoms with E-state index >= 15 is 0 Å². The van der Waals surface area contributed by atoms with Crippen LogP contribution in [0.2, 0.25) is 0 Å². The summed E-state index contributed by atoms with van der Waals surface area (Å²) in [5, 5.41) is 0. The molecule has 0 saturated carbocycles. The molecule has 0 amide bonds. The van der Waals surface area contributed by atoms with Gasteiger partial charge in [0.15, 0.2) is 11.5 Å². The normalized spacial score (nSPS) is 26.3. The van der Waals surface area contributed by atoms with Gasteiger partial charge in [0.2, 0.25) is 0 Å². The first-order valence-electron chi connectivity index (χ1n) is 7.77. The van der Waals surface area contributed by atoms with Crippen LogP contribution in [-0.2, 0) is 4.74 Å². The van der Waals surface area contributed by atoms with E-state index in [-0.39, 0.29) is 24.5 Å². The molecule has 0 unspecified atom stereocenters.